The zero-order chi connectivity index (χ0) is 20.1. The molecule has 1 aromatic carbocycles. The summed E-state index contributed by atoms with van der Waals surface area (Å²) >= 11 is 0.841. The van der Waals surface area contributed by atoms with E-state index in [0.717, 1.165) is 40.2 Å². The van der Waals surface area contributed by atoms with E-state index in [4.69, 9.17) is 4.74 Å². The van der Waals surface area contributed by atoms with Gasteiger partial charge in [0.15, 0.2) is 0 Å². The zero-order valence-corrected chi connectivity index (χ0v) is 15.8. The van der Waals surface area contributed by atoms with Gasteiger partial charge in [-0.2, -0.15) is 0 Å². The molecule has 1 amide bonds. The van der Waals surface area contributed by atoms with Gasteiger partial charge in [0.1, 0.15) is 22.8 Å². The Labute approximate surface area is 157 Å². The van der Waals surface area contributed by atoms with E-state index in [2.05, 4.69) is 0 Å². The quantitative estimate of drug-likeness (QED) is 0.689. The monoisotopic (exact) mass is 396 g/mol. The van der Waals surface area contributed by atoms with Crippen LogP contribution in [0.1, 0.15) is 12.5 Å². The highest BCUT2D eigenvalue weighted by Gasteiger charge is 2.13. The lowest BCUT2D eigenvalue weighted by atomic mass is 10.2. The molecule has 0 aliphatic heterocycles. The molecule has 0 fully saturated rings. The molecule has 6 nitrogen and oxygen atoms in total. The first-order valence-corrected chi connectivity index (χ1v) is 8.80. The minimum atomic E-state index is -0.824. The van der Waals surface area contributed by atoms with Crippen LogP contribution in [0.25, 0.3) is 12.2 Å². The summed E-state index contributed by atoms with van der Waals surface area (Å²) in [6.07, 6.45) is 2.14. The molecule has 0 radical (unpaired) electrons. The SMILES string of the molecule is CCOC(=O)/C=c1/s/c(=C\c2c(F)cccc2F)c(=O)n1CC(=O)N(C)C. The number of benzene rings is 1. The molecule has 0 spiro atoms. The van der Waals surface area contributed by atoms with Crippen LogP contribution in [0.5, 0.6) is 0 Å². The number of carbonyl (C=O) groups excluding carboxylic acids is 2. The third-order valence-corrected chi connectivity index (χ3v) is 4.59. The lowest BCUT2D eigenvalue weighted by Crippen LogP contribution is -2.38. The second kappa shape index (κ2) is 8.72. The number of likely N-dealkylation sites (N-methyl/N-ethyl adjacent to an activating group) is 1. The largest absolute Gasteiger partial charge is 0.463 e. The number of amides is 1. The summed E-state index contributed by atoms with van der Waals surface area (Å²) in [7, 11) is 3.05. The van der Waals surface area contributed by atoms with Crippen LogP contribution in [0.15, 0.2) is 23.0 Å². The Bertz CT molecular complexity index is 1020. The molecule has 1 heterocycles. The van der Waals surface area contributed by atoms with Crippen molar-refractivity contribution in [3.05, 3.63) is 54.9 Å². The number of hydrogen-bond acceptors (Lipinski definition) is 5. The summed E-state index contributed by atoms with van der Waals surface area (Å²) in [5.41, 5.74) is -1.00. The van der Waals surface area contributed by atoms with Crippen molar-refractivity contribution in [3.8, 4) is 0 Å². The van der Waals surface area contributed by atoms with Gasteiger partial charge in [0.2, 0.25) is 5.91 Å². The Morgan fingerprint density at radius 3 is 2.44 bits per heavy atom. The van der Waals surface area contributed by atoms with Crippen LogP contribution < -0.4 is 14.8 Å². The Kier molecular flexibility index (Phi) is 6.62. The maximum absolute atomic E-state index is 13.9. The van der Waals surface area contributed by atoms with Crippen LogP contribution in [-0.4, -0.2) is 42.0 Å². The fourth-order valence-electron chi connectivity index (χ4n) is 2.13. The molecule has 0 saturated carbocycles. The average molecular weight is 396 g/mol. The van der Waals surface area contributed by atoms with Crippen molar-refractivity contribution in [2.75, 3.05) is 20.7 Å². The topological polar surface area (TPSA) is 68.6 Å². The van der Waals surface area contributed by atoms with E-state index in [9.17, 15) is 23.2 Å². The number of aromatic nitrogens is 1. The summed E-state index contributed by atoms with van der Waals surface area (Å²) in [5.74, 6) is -2.71. The molecule has 1 aromatic heterocycles. The second-order valence-electron chi connectivity index (χ2n) is 5.66. The molecule has 0 atom stereocenters. The minimum absolute atomic E-state index is 0.0129. The lowest BCUT2D eigenvalue weighted by molar-refractivity contribution is -0.135. The van der Waals surface area contributed by atoms with Crippen LogP contribution >= 0.6 is 11.3 Å². The molecule has 0 aliphatic carbocycles. The predicted octanol–water partition coefficient (Wildman–Crippen LogP) is 0.449. The van der Waals surface area contributed by atoms with Crippen molar-refractivity contribution in [3.63, 3.8) is 0 Å². The van der Waals surface area contributed by atoms with Crippen LogP contribution in [0.4, 0.5) is 8.78 Å². The molecule has 0 unspecified atom stereocenters. The molecule has 2 aromatic rings. The maximum Gasteiger partial charge on any atom is 0.333 e. The molecule has 0 bridgehead atoms. The smallest absolute Gasteiger partial charge is 0.333 e. The van der Waals surface area contributed by atoms with Gasteiger partial charge in [-0.05, 0) is 25.1 Å². The van der Waals surface area contributed by atoms with Crippen LogP contribution in [0, 0.1) is 11.6 Å². The van der Waals surface area contributed by atoms with Gasteiger partial charge in [-0.1, -0.05) is 6.07 Å². The van der Waals surface area contributed by atoms with E-state index >= 15 is 0 Å². The van der Waals surface area contributed by atoms with Crippen molar-refractivity contribution in [1.29, 1.82) is 0 Å². The highest BCUT2D eigenvalue weighted by Crippen LogP contribution is 2.12. The van der Waals surface area contributed by atoms with E-state index in [1.807, 2.05) is 0 Å². The number of thiazole rings is 1. The van der Waals surface area contributed by atoms with Crippen LogP contribution in [0.2, 0.25) is 0 Å². The van der Waals surface area contributed by atoms with E-state index < -0.39 is 23.2 Å². The van der Waals surface area contributed by atoms with Crippen molar-refractivity contribution < 1.29 is 23.1 Å². The number of hydrogen-bond donors (Lipinski definition) is 0. The first-order valence-electron chi connectivity index (χ1n) is 7.98. The summed E-state index contributed by atoms with van der Waals surface area (Å²) in [6, 6.07) is 3.36. The summed E-state index contributed by atoms with van der Waals surface area (Å²) in [5, 5.41) is 0. The van der Waals surface area contributed by atoms with Crippen molar-refractivity contribution >= 4 is 35.4 Å². The Hall–Kier alpha value is -2.81. The van der Waals surface area contributed by atoms with Gasteiger partial charge in [0.25, 0.3) is 5.56 Å². The lowest BCUT2D eigenvalue weighted by Gasteiger charge is -2.10. The van der Waals surface area contributed by atoms with E-state index in [-0.39, 0.29) is 33.8 Å². The number of ether oxygens (including phenoxy) is 1. The van der Waals surface area contributed by atoms with Crippen LogP contribution in [-0.2, 0) is 20.9 Å². The Morgan fingerprint density at radius 1 is 1.26 bits per heavy atom. The maximum atomic E-state index is 13.9. The highest BCUT2D eigenvalue weighted by atomic mass is 32.1. The van der Waals surface area contributed by atoms with E-state index in [1.165, 1.54) is 25.1 Å². The molecular weight excluding hydrogens is 378 g/mol. The number of nitrogens with zero attached hydrogens (tertiary/aromatic N) is 2. The first kappa shape index (κ1) is 20.5. The van der Waals surface area contributed by atoms with Gasteiger partial charge in [0.05, 0.1) is 17.2 Å². The third kappa shape index (κ3) is 4.88. The normalized spacial score (nSPS) is 12.3. The standard InChI is InChI=1S/C18H18F2N2O4S/c1-4-26-17(24)9-16-22(10-15(23)21(2)3)18(25)14(27-16)8-11-12(19)6-5-7-13(11)20/h5-9H,4,10H2,1-3H3/b14-8-,16-9+. The highest BCUT2D eigenvalue weighted by molar-refractivity contribution is 7.07. The minimum Gasteiger partial charge on any atom is -0.463 e. The van der Waals surface area contributed by atoms with E-state index in [1.54, 1.807) is 6.92 Å². The molecule has 0 aliphatic rings. The summed E-state index contributed by atoms with van der Waals surface area (Å²) < 4.78 is 33.8. The molecule has 0 N–H and O–H groups in total. The molecule has 9 heteroatoms. The van der Waals surface area contributed by atoms with E-state index in [0.29, 0.717) is 0 Å². The molecule has 27 heavy (non-hydrogen) atoms. The Morgan fingerprint density at radius 2 is 1.89 bits per heavy atom. The summed E-state index contributed by atoms with van der Waals surface area (Å²) in [4.78, 5) is 37.7. The third-order valence-electron chi connectivity index (χ3n) is 3.53. The van der Waals surface area contributed by atoms with Crippen molar-refractivity contribution in [2.24, 2.45) is 0 Å². The molecule has 0 saturated heterocycles. The van der Waals surface area contributed by atoms with Crippen LogP contribution in [0.3, 0.4) is 0 Å². The van der Waals surface area contributed by atoms with Gasteiger partial charge < -0.3 is 9.64 Å². The molecule has 144 valence electrons. The number of carbonyl (C=O) groups is 2. The van der Waals surface area contributed by atoms with Gasteiger partial charge >= 0.3 is 5.97 Å². The molecule has 2 rings (SSSR count). The van der Waals surface area contributed by atoms with Gasteiger partial charge in [-0.3, -0.25) is 14.2 Å². The van der Waals surface area contributed by atoms with Gasteiger partial charge in [0, 0.05) is 19.7 Å². The first-order chi connectivity index (χ1) is 12.7. The Balaban J connectivity index is 2.69. The van der Waals surface area contributed by atoms with Gasteiger partial charge in [-0.15, -0.1) is 11.3 Å². The van der Waals surface area contributed by atoms with Crippen molar-refractivity contribution in [1.82, 2.24) is 9.47 Å². The van der Waals surface area contributed by atoms with Gasteiger partial charge in [-0.25, -0.2) is 13.6 Å². The predicted molar refractivity (Wildman–Crippen MR) is 97.5 cm³/mol. The fourth-order valence-corrected chi connectivity index (χ4v) is 3.15. The molecular formula is C18H18F2N2O4S. The summed E-state index contributed by atoms with van der Waals surface area (Å²) in [6.45, 7) is 1.45. The number of rotatable bonds is 5. The van der Waals surface area contributed by atoms with Crippen molar-refractivity contribution in [2.45, 2.75) is 13.5 Å². The zero-order valence-electron chi connectivity index (χ0n) is 15.0. The fraction of sp³-hybridized carbons (Fsp3) is 0.278. The second-order valence-corrected chi connectivity index (χ2v) is 6.72. The average Bonchev–Trinajstić information content (AvgIpc) is 2.87. The number of halogens is 2. The number of esters is 1.